The Morgan fingerprint density at radius 2 is 1.64 bits per heavy atom. The van der Waals surface area contributed by atoms with Crippen molar-refractivity contribution in [1.82, 2.24) is 9.97 Å². The highest BCUT2D eigenvalue weighted by atomic mass is 79.9. The van der Waals surface area contributed by atoms with Crippen LogP contribution in [0.15, 0.2) is 65.4 Å². The number of hydrogen-bond acceptors (Lipinski definition) is 6. The minimum absolute atomic E-state index is 0.0479. The van der Waals surface area contributed by atoms with Gasteiger partial charge in [-0.25, -0.2) is 9.97 Å². The van der Waals surface area contributed by atoms with Crippen molar-refractivity contribution in [3.63, 3.8) is 0 Å². The fourth-order valence-electron chi connectivity index (χ4n) is 3.19. The number of rotatable bonds is 5. The summed E-state index contributed by atoms with van der Waals surface area (Å²) in [7, 11) is -4.39. The quantitative estimate of drug-likeness (QED) is 0.441. The first-order valence-corrected chi connectivity index (χ1v) is 10.8. The van der Waals surface area contributed by atoms with Crippen molar-refractivity contribution in [1.29, 1.82) is 0 Å². The second kappa shape index (κ2) is 7.50. The van der Waals surface area contributed by atoms with Gasteiger partial charge in [0.05, 0.1) is 11.4 Å². The van der Waals surface area contributed by atoms with Gasteiger partial charge < -0.3 is 9.64 Å². The maximum atomic E-state index is 12.0. The summed E-state index contributed by atoms with van der Waals surface area (Å²) in [4.78, 5) is 10.1. The van der Waals surface area contributed by atoms with Gasteiger partial charge in [0.2, 0.25) is 0 Å². The maximum Gasteiger partial charge on any atom is 0.275 e. The molecule has 1 N–H and O–H groups in total. The van der Waals surface area contributed by atoms with E-state index in [1.165, 1.54) is 6.20 Å². The van der Waals surface area contributed by atoms with E-state index in [0.717, 1.165) is 11.4 Å². The van der Waals surface area contributed by atoms with Crippen molar-refractivity contribution in [2.75, 3.05) is 11.4 Å². The van der Waals surface area contributed by atoms with Gasteiger partial charge in [-0.3, -0.25) is 4.55 Å². The summed E-state index contributed by atoms with van der Waals surface area (Å²) in [5, 5.41) is -1.24. The highest BCUT2D eigenvalue weighted by Gasteiger charge is 2.31. The van der Waals surface area contributed by atoms with E-state index in [2.05, 4.69) is 25.9 Å². The monoisotopic (exact) mass is 461 g/mol. The Balaban J connectivity index is 1.69. The summed E-state index contributed by atoms with van der Waals surface area (Å²) in [5.74, 6) is 1.42. The highest BCUT2D eigenvalue weighted by molar-refractivity contribution is 9.10. The Kier molecular flexibility index (Phi) is 5.05. The molecular formula is C19H16BrN3O4S. The van der Waals surface area contributed by atoms with Crippen LogP contribution >= 0.6 is 15.9 Å². The number of nitrogens with zero attached hydrogens (tertiary/aromatic N) is 3. The van der Waals surface area contributed by atoms with Crippen LogP contribution in [-0.2, 0) is 10.1 Å². The minimum Gasteiger partial charge on any atom is -0.453 e. The van der Waals surface area contributed by atoms with Gasteiger partial charge >= 0.3 is 0 Å². The second-order valence-corrected chi connectivity index (χ2v) is 8.63. The number of halogens is 1. The molecule has 0 aliphatic carbocycles. The summed E-state index contributed by atoms with van der Waals surface area (Å²) in [5.41, 5.74) is 1.65. The van der Waals surface area contributed by atoms with Gasteiger partial charge in [0.15, 0.2) is 11.5 Å². The molecule has 2 heterocycles. The van der Waals surface area contributed by atoms with E-state index in [0.29, 0.717) is 22.6 Å². The summed E-state index contributed by atoms with van der Waals surface area (Å²) in [6, 6.07) is 16.7. The van der Waals surface area contributed by atoms with Gasteiger partial charge in [0, 0.05) is 12.7 Å². The smallest absolute Gasteiger partial charge is 0.275 e. The molecule has 0 bridgehead atoms. The first-order chi connectivity index (χ1) is 13.4. The molecule has 0 saturated heterocycles. The van der Waals surface area contributed by atoms with E-state index in [4.69, 9.17) is 4.74 Å². The molecule has 1 unspecified atom stereocenters. The van der Waals surface area contributed by atoms with E-state index in [1.54, 1.807) is 6.07 Å². The Labute approximate surface area is 170 Å². The third kappa shape index (κ3) is 3.73. The third-order valence-corrected chi connectivity index (χ3v) is 6.04. The molecule has 9 heteroatoms. The van der Waals surface area contributed by atoms with Crippen LogP contribution in [-0.4, -0.2) is 29.5 Å². The molecule has 1 aromatic heterocycles. The van der Waals surface area contributed by atoms with E-state index in [-0.39, 0.29) is 12.2 Å². The number of hydrogen-bond donors (Lipinski definition) is 1. The van der Waals surface area contributed by atoms with Gasteiger partial charge in [0.1, 0.15) is 15.7 Å². The lowest BCUT2D eigenvalue weighted by atomic mass is 10.1. The molecule has 0 radical (unpaired) electrons. The molecule has 0 amide bonds. The van der Waals surface area contributed by atoms with Crippen LogP contribution in [0.2, 0.25) is 0 Å². The van der Waals surface area contributed by atoms with Crippen molar-refractivity contribution < 1.29 is 17.7 Å². The Morgan fingerprint density at radius 3 is 2.21 bits per heavy atom. The summed E-state index contributed by atoms with van der Waals surface area (Å²) in [6.07, 6.45) is 1.54. The Hall–Kier alpha value is -2.49. The molecule has 4 rings (SSSR count). The van der Waals surface area contributed by atoms with Crippen molar-refractivity contribution in [2.24, 2.45) is 0 Å². The normalized spacial score (nSPS) is 14.0. The lowest BCUT2D eigenvalue weighted by Gasteiger charge is -2.33. The third-order valence-electron chi connectivity index (χ3n) is 4.43. The Bertz CT molecular complexity index is 1080. The van der Waals surface area contributed by atoms with Crippen molar-refractivity contribution in [3.8, 4) is 11.5 Å². The molecule has 7 nitrogen and oxygen atoms in total. The molecule has 2 aromatic carbocycles. The van der Waals surface area contributed by atoms with Crippen LogP contribution in [0.4, 0.5) is 11.4 Å². The fraction of sp³-hybridized carbons (Fsp3) is 0.158. The standard InChI is InChI=1S/C19H16BrN3O4S/c20-18-9-11-21-19(22-18)17(28(24,25)26)10-12-23-13-5-1-3-7-15(13)27-16-8-4-2-6-14(16)23/h1-9,11,17H,10,12H2,(H,24,25,26). The summed E-state index contributed by atoms with van der Waals surface area (Å²) in [6.45, 7) is 0.317. The van der Waals surface area contributed by atoms with Gasteiger partial charge in [0.25, 0.3) is 10.1 Å². The zero-order chi connectivity index (χ0) is 19.7. The molecule has 1 aliphatic rings. The second-order valence-electron chi connectivity index (χ2n) is 6.22. The lowest BCUT2D eigenvalue weighted by Crippen LogP contribution is -2.26. The number of aromatic nitrogens is 2. The number of ether oxygens (including phenoxy) is 1. The van der Waals surface area contributed by atoms with Crippen molar-refractivity contribution >= 4 is 37.4 Å². The molecule has 0 fully saturated rings. The van der Waals surface area contributed by atoms with Crippen molar-refractivity contribution in [2.45, 2.75) is 11.7 Å². The minimum atomic E-state index is -4.39. The topological polar surface area (TPSA) is 92.6 Å². The van der Waals surface area contributed by atoms with Gasteiger partial charge in [-0.1, -0.05) is 24.3 Å². The number of anilines is 2. The molecule has 3 aromatic rings. The molecular weight excluding hydrogens is 446 g/mol. The summed E-state index contributed by atoms with van der Waals surface area (Å²) >= 11 is 3.21. The van der Waals surface area contributed by atoms with Gasteiger partial charge in [-0.15, -0.1) is 0 Å². The van der Waals surface area contributed by atoms with Crippen LogP contribution < -0.4 is 9.64 Å². The maximum absolute atomic E-state index is 12.0. The highest BCUT2D eigenvalue weighted by Crippen LogP contribution is 2.46. The van der Waals surface area contributed by atoms with Crippen LogP contribution in [0.5, 0.6) is 11.5 Å². The van der Waals surface area contributed by atoms with Crippen LogP contribution in [0.1, 0.15) is 17.5 Å². The molecule has 0 saturated carbocycles. The molecule has 1 atom stereocenters. The Morgan fingerprint density at radius 1 is 1.04 bits per heavy atom. The number of para-hydroxylation sites is 4. The predicted octanol–water partition coefficient (Wildman–Crippen LogP) is 4.50. The number of benzene rings is 2. The lowest BCUT2D eigenvalue weighted by molar-refractivity contribution is 0.458. The molecule has 28 heavy (non-hydrogen) atoms. The zero-order valence-electron chi connectivity index (χ0n) is 14.6. The average Bonchev–Trinajstić information content (AvgIpc) is 2.66. The average molecular weight is 462 g/mol. The van der Waals surface area contributed by atoms with Gasteiger partial charge in [-0.05, 0) is 52.7 Å². The predicted molar refractivity (Wildman–Crippen MR) is 109 cm³/mol. The van der Waals surface area contributed by atoms with Crippen LogP contribution in [0.25, 0.3) is 0 Å². The van der Waals surface area contributed by atoms with Crippen LogP contribution in [0.3, 0.4) is 0 Å². The first kappa shape index (κ1) is 18.9. The molecule has 0 spiro atoms. The SMILES string of the molecule is O=S(=O)(O)C(CCN1c2ccccc2Oc2ccccc21)c1nccc(Br)n1. The molecule has 144 valence electrons. The zero-order valence-corrected chi connectivity index (χ0v) is 17.0. The van der Waals surface area contributed by atoms with E-state index >= 15 is 0 Å². The van der Waals surface area contributed by atoms with Gasteiger partial charge in [-0.2, -0.15) is 8.42 Å². The molecule has 1 aliphatic heterocycles. The first-order valence-electron chi connectivity index (χ1n) is 8.51. The summed E-state index contributed by atoms with van der Waals surface area (Å²) < 4.78 is 40.2. The number of fused-ring (bicyclic) bond motifs is 2. The van der Waals surface area contributed by atoms with Crippen LogP contribution in [0, 0.1) is 0 Å². The van der Waals surface area contributed by atoms with E-state index < -0.39 is 15.4 Å². The van der Waals surface area contributed by atoms with E-state index in [9.17, 15) is 13.0 Å². The largest absolute Gasteiger partial charge is 0.453 e. The van der Waals surface area contributed by atoms with E-state index in [1.807, 2.05) is 53.4 Å². The fourth-order valence-corrected chi connectivity index (χ4v) is 4.27. The van der Waals surface area contributed by atoms with Crippen molar-refractivity contribution in [3.05, 3.63) is 71.2 Å².